The Morgan fingerprint density at radius 3 is 2.18 bits per heavy atom. The van der Waals surface area contributed by atoms with E-state index in [0.29, 0.717) is 5.56 Å². The predicted octanol–water partition coefficient (Wildman–Crippen LogP) is 0.445. The van der Waals surface area contributed by atoms with Gasteiger partial charge >= 0.3 is 11.9 Å². The summed E-state index contributed by atoms with van der Waals surface area (Å²) in [5.74, 6) is -3.01. The SMILES string of the molecule is N/C(C(=O)O)=C(\N=Cc1ccccc1)C(=O)O. The zero-order chi connectivity index (χ0) is 12.8. The Morgan fingerprint density at radius 1 is 1.12 bits per heavy atom. The standard InChI is InChI=1S/C11H10N2O4/c12-8(10(14)15)9(11(16)17)13-6-7-4-2-1-3-5-7/h1-6H,12H2,(H,14,15)(H,16,17)/b9-8-,13-6?. The van der Waals surface area contributed by atoms with Gasteiger partial charge in [-0.3, -0.25) is 0 Å². The van der Waals surface area contributed by atoms with Crippen molar-refractivity contribution in [1.29, 1.82) is 0 Å². The Labute approximate surface area is 96.7 Å². The molecular weight excluding hydrogens is 224 g/mol. The fourth-order valence-corrected chi connectivity index (χ4v) is 1.02. The number of carbonyl (C=O) groups is 2. The molecule has 0 radical (unpaired) electrons. The number of hydrogen-bond acceptors (Lipinski definition) is 4. The van der Waals surface area contributed by atoms with Crippen molar-refractivity contribution >= 4 is 18.2 Å². The monoisotopic (exact) mass is 234 g/mol. The average Bonchev–Trinajstić information content (AvgIpc) is 2.29. The van der Waals surface area contributed by atoms with E-state index in [1.165, 1.54) is 6.21 Å². The molecular formula is C11H10N2O4. The van der Waals surface area contributed by atoms with E-state index in [9.17, 15) is 9.59 Å². The number of rotatable bonds is 4. The molecule has 0 heterocycles. The number of nitrogens with two attached hydrogens (primary N) is 1. The fraction of sp³-hybridized carbons (Fsp3) is 0. The van der Waals surface area contributed by atoms with Crippen LogP contribution < -0.4 is 5.73 Å². The van der Waals surface area contributed by atoms with Crippen LogP contribution in [0.1, 0.15) is 5.56 Å². The Kier molecular flexibility index (Phi) is 3.99. The van der Waals surface area contributed by atoms with Crippen LogP contribution in [0.4, 0.5) is 0 Å². The molecule has 1 rings (SSSR count). The van der Waals surface area contributed by atoms with E-state index in [4.69, 9.17) is 15.9 Å². The van der Waals surface area contributed by atoms with Gasteiger partial charge in [0.25, 0.3) is 0 Å². The highest BCUT2D eigenvalue weighted by Gasteiger charge is 2.15. The minimum Gasteiger partial charge on any atom is -0.477 e. The third kappa shape index (κ3) is 3.45. The van der Waals surface area contributed by atoms with Crippen LogP contribution >= 0.6 is 0 Å². The van der Waals surface area contributed by atoms with Crippen LogP contribution in [0.15, 0.2) is 46.7 Å². The second kappa shape index (κ2) is 5.45. The van der Waals surface area contributed by atoms with E-state index in [1.807, 2.05) is 0 Å². The first-order valence-corrected chi connectivity index (χ1v) is 4.58. The lowest BCUT2D eigenvalue weighted by atomic mass is 10.2. The molecule has 0 aromatic heterocycles. The largest absolute Gasteiger partial charge is 0.477 e. The van der Waals surface area contributed by atoms with Gasteiger partial charge in [-0.1, -0.05) is 30.3 Å². The van der Waals surface area contributed by atoms with Crippen molar-refractivity contribution in [2.75, 3.05) is 0 Å². The average molecular weight is 234 g/mol. The van der Waals surface area contributed by atoms with E-state index in [1.54, 1.807) is 30.3 Å². The summed E-state index contributed by atoms with van der Waals surface area (Å²) in [4.78, 5) is 24.9. The Balaban J connectivity index is 3.05. The molecule has 1 aromatic carbocycles. The quantitative estimate of drug-likeness (QED) is 0.517. The molecule has 4 N–H and O–H groups in total. The molecule has 6 nitrogen and oxygen atoms in total. The molecule has 6 heteroatoms. The number of carboxylic acids is 2. The molecule has 0 aliphatic heterocycles. The van der Waals surface area contributed by atoms with Crippen molar-refractivity contribution in [2.45, 2.75) is 0 Å². The number of carboxylic acid groups (broad SMARTS) is 2. The maximum Gasteiger partial charge on any atom is 0.356 e. The van der Waals surface area contributed by atoms with Gasteiger partial charge in [0.15, 0.2) is 11.4 Å². The Morgan fingerprint density at radius 2 is 1.71 bits per heavy atom. The maximum absolute atomic E-state index is 10.8. The summed E-state index contributed by atoms with van der Waals surface area (Å²) in [6.45, 7) is 0. The third-order valence-electron chi connectivity index (χ3n) is 1.83. The lowest BCUT2D eigenvalue weighted by molar-refractivity contribution is -0.136. The molecule has 1 aromatic rings. The van der Waals surface area contributed by atoms with Crippen LogP contribution in [0.5, 0.6) is 0 Å². The van der Waals surface area contributed by atoms with Crippen molar-refractivity contribution in [3.63, 3.8) is 0 Å². The van der Waals surface area contributed by atoms with Crippen LogP contribution in [0.3, 0.4) is 0 Å². The third-order valence-corrected chi connectivity index (χ3v) is 1.83. The molecule has 88 valence electrons. The van der Waals surface area contributed by atoms with Gasteiger partial charge in [-0.25, -0.2) is 14.6 Å². The van der Waals surface area contributed by atoms with Gasteiger partial charge in [0.2, 0.25) is 0 Å². The highest BCUT2D eigenvalue weighted by atomic mass is 16.4. The van der Waals surface area contributed by atoms with Crippen LogP contribution in [-0.2, 0) is 9.59 Å². The molecule has 0 fully saturated rings. The van der Waals surface area contributed by atoms with E-state index in [2.05, 4.69) is 4.99 Å². The number of aliphatic imine (C=N–C) groups is 1. The van der Waals surface area contributed by atoms with Crippen molar-refractivity contribution in [3.8, 4) is 0 Å². The van der Waals surface area contributed by atoms with Gasteiger partial charge in [-0.15, -0.1) is 0 Å². The smallest absolute Gasteiger partial charge is 0.356 e. The maximum atomic E-state index is 10.8. The number of aliphatic carboxylic acids is 2. The van der Waals surface area contributed by atoms with Crippen LogP contribution in [-0.4, -0.2) is 28.4 Å². The normalized spacial score (nSPS) is 12.2. The molecule has 0 aliphatic carbocycles. The molecule has 0 saturated carbocycles. The van der Waals surface area contributed by atoms with E-state index in [0.717, 1.165) is 0 Å². The van der Waals surface area contributed by atoms with Crippen LogP contribution in [0.25, 0.3) is 0 Å². The van der Waals surface area contributed by atoms with Crippen molar-refractivity contribution in [2.24, 2.45) is 10.7 Å². The minimum atomic E-state index is -1.52. The first-order chi connectivity index (χ1) is 8.02. The summed E-state index contributed by atoms with van der Waals surface area (Å²) in [6, 6.07) is 8.66. The summed E-state index contributed by atoms with van der Waals surface area (Å²) >= 11 is 0. The van der Waals surface area contributed by atoms with Gasteiger partial charge in [0.05, 0.1) is 0 Å². The van der Waals surface area contributed by atoms with E-state index in [-0.39, 0.29) is 0 Å². The molecule has 0 aliphatic rings. The van der Waals surface area contributed by atoms with Crippen LogP contribution in [0.2, 0.25) is 0 Å². The summed E-state index contributed by atoms with van der Waals surface area (Å²) < 4.78 is 0. The predicted molar refractivity (Wildman–Crippen MR) is 60.5 cm³/mol. The number of hydrogen-bond donors (Lipinski definition) is 3. The zero-order valence-corrected chi connectivity index (χ0v) is 8.70. The van der Waals surface area contributed by atoms with Crippen molar-refractivity contribution in [1.82, 2.24) is 0 Å². The zero-order valence-electron chi connectivity index (χ0n) is 8.70. The number of nitrogens with zero attached hydrogens (tertiary/aromatic N) is 1. The fourth-order valence-electron chi connectivity index (χ4n) is 1.02. The van der Waals surface area contributed by atoms with E-state index >= 15 is 0 Å². The molecule has 0 unspecified atom stereocenters. The van der Waals surface area contributed by atoms with Gasteiger partial charge < -0.3 is 15.9 Å². The van der Waals surface area contributed by atoms with Gasteiger partial charge in [-0.05, 0) is 5.56 Å². The highest BCUT2D eigenvalue weighted by molar-refractivity contribution is 5.99. The first-order valence-electron chi connectivity index (χ1n) is 4.58. The summed E-state index contributed by atoms with van der Waals surface area (Å²) in [5.41, 5.74) is 4.26. The van der Waals surface area contributed by atoms with E-state index < -0.39 is 23.3 Å². The van der Waals surface area contributed by atoms with Crippen molar-refractivity contribution in [3.05, 3.63) is 47.3 Å². The molecule has 0 spiro atoms. The van der Waals surface area contributed by atoms with Gasteiger partial charge in [0, 0.05) is 6.21 Å². The second-order valence-corrected chi connectivity index (χ2v) is 3.04. The van der Waals surface area contributed by atoms with Gasteiger partial charge in [0.1, 0.15) is 0 Å². The minimum absolute atomic E-state index is 0.643. The van der Waals surface area contributed by atoms with Crippen LogP contribution in [0, 0.1) is 0 Å². The molecule has 0 bridgehead atoms. The topological polar surface area (TPSA) is 113 Å². The molecule has 0 atom stereocenters. The summed E-state index contributed by atoms with van der Waals surface area (Å²) in [7, 11) is 0. The van der Waals surface area contributed by atoms with Gasteiger partial charge in [-0.2, -0.15) is 0 Å². The summed E-state index contributed by atoms with van der Waals surface area (Å²) in [6.07, 6.45) is 1.24. The second-order valence-electron chi connectivity index (χ2n) is 3.04. The summed E-state index contributed by atoms with van der Waals surface area (Å²) in [5, 5.41) is 17.3. The van der Waals surface area contributed by atoms with Crippen molar-refractivity contribution < 1.29 is 19.8 Å². The molecule has 0 amide bonds. The molecule has 0 saturated heterocycles. The lowest BCUT2D eigenvalue weighted by Crippen LogP contribution is -2.17. The first kappa shape index (κ1) is 12.4. The lowest BCUT2D eigenvalue weighted by Gasteiger charge is -1.98. The molecule has 17 heavy (non-hydrogen) atoms. The Hall–Kier alpha value is -2.63. The highest BCUT2D eigenvalue weighted by Crippen LogP contribution is 2.03. The number of benzene rings is 1. The Bertz CT molecular complexity index is 491.